The van der Waals surface area contributed by atoms with E-state index >= 15 is 0 Å². The van der Waals surface area contributed by atoms with Crippen LogP contribution < -0.4 is 0 Å². The normalized spacial score (nSPS) is 10.9. The van der Waals surface area contributed by atoms with Crippen molar-refractivity contribution in [2.24, 2.45) is 0 Å². The molecular weight excluding hydrogens is 258 g/mol. The average Bonchev–Trinajstić information content (AvgIpc) is 2.76. The largest absolute Gasteiger partial charge is 0.507 e. The fraction of sp³-hybridized carbons (Fsp3) is 0.158. The molecule has 3 aromatic rings. The number of phenols is 1. The Balaban J connectivity index is 2.20. The molecule has 3 rings (SSSR count). The zero-order valence-corrected chi connectivity index (χ0v) is 12.2. The van der Waals surface area contributed by atoms with E-state index in [9.17, 15) is 5.11 Å². The van der Waals surface area contributed by atoms with Crippen LogP contribution in [0.25, 0.3) is 10.9 Å². The van der Waals surface area contributed by atoms with Crippen LogP contribution in [0.2, 0.25) is 0 Å². The van der Waals surface area contributed by atoms with E-state index < -0.39 is 0 Å². The SMILES string of the molecule is C=CCc1c(C)n(Cc2ccccc2)c2cccc(O)c12. The molecular formula is C19H19NO. The van der Waals surface area contributed by atoms with Gasteiger partial charge in [-0.15, -0.1) is 6.58 Å². The minimum atomic E-state index is 0.347. The van der Waals surface area contributed by atoms with E-state index in [2.05, 4.69) is 48.4 Å². The van der Waals surface area contributed by atoms with Crippen LogP contribution in [0.5, 0.6) is 5.75 Å². The van der Waals surface area contributed by atoms with Crippen molar-refractivity contribution in [3.05, 3.63) is 78.0 Å². The summed E-state index contributed by atoms with van der Waals surface area (Å²) in [5.41, 5.74) is 4.68. The molecule has 1 heterocycles. The first kappa shape index (κ1) is 13.5. The van der Waals surface area contributed by atoms with Crippen LogP contribution in [0.15, 0.2) is 61.2 Å². The number of fused-ring (bicyclic) bond motifs is 1. The highest BCUT2D eigenvalue weighted by molar-refractivity contribution is 5.91. The topological polar surface area (TPSA) is 25.2 Å². The average molecular weight is 277 g/mol. The van der Waals surface area contributed by atoms with Crippen LogP contribution in [0.4, 0.5) is 0 Å². The van der Waals surface area contributed by atoms with Gasteiger partial charge in [0.05, 0.1) is 5.52 Å². The molecule has 0 aliphatic rings. The summed E-state index contributed by atoms with van der Waals surface area (Å²) < 4.78 is 2.27. The first-order valence-electron chi connectivity index (χ1n) is 7.17. The minimum absolute atomic E-state index is 0.347. The monoisotopic (exact) mass is 277 g/mol. The first-order chi connectivity index (χ1) is 10.2. The number of aromatic nitrogens is 1. The quantitative estimate of drug-likeness (QED) is 0.701. The molecule has 0 fully saturated rings. The Labute approximate surface area is 125 Å². The van der Waals surface area contributed by atoms with E-state index in [1.165, 1.54) is 11.3 Å². The summed E-state index contributed by atoms with van der Waals surface area (Å²) >= 11 is 0. The molecule has 2 aromatic carbocycles. The predicted octanol–water partition coefficient (Wildman–Crippen LogP) is 4.43. The van der Waals surface area contributed by atoms with E-state index in [-0.39, 0.29) is 0 Å². The summed E-state index contributed by atoms with van der Waals surface area (Å²) in [5.74, 6) is 0.347. The number of aromatic hydroxyl groups is 1. The van der Waals surface area contributed by atoms with Crippen molar-refractivity contribution in [1.29, 1.82) is 0 Å². The van der Waals surface area contributed by atoms with Crippen LogP contribution in [0.1, 0.15) is 16.8 Å². The minimum Gasteiger partial charge on any atom is -0.507 e. The molecule has 1 aromatic heterocycles. The fourth-order valence-electron chi connectivity index (χ4n) is 2.95. The van der Waals surface area contributed by atoms with Crippen LogP contribution in [-0.2, 0) is 13.0 Å². The molecule has 0 aliphatic heterocycles. The lowest BCUT2D eigenvalue weighted by Crippen LogP contribution is -2.02. The van der Waals surface area contributed by atoms with Crippen LogP contribution in [-0.4, -0.2) is 9.67 Å². The highest BCUT2D eigenvalue weighted by atomic mass is 16.3. The molecule has 0 aliphatic carbocycles. The van der Waals surface area contributed by atoms with Crippen molar-refractivity contribution in [1.82, 2.24) is 4.57 Å². The smallest absolute Gasteiger partial charge is 0.125 e. The van der Waals surface area contributed by atoms with Gasteiger partial charge in [-0.25, -0.2) is 0 Å². The molecule has 2 heteroatoms. The van der Waals surface area contributed by atoms with E-state index in [0.717, 1.165) is 29.4 Å². The Bertz CT molecular complexity index is 784. The van der Waals surface area contributed by atoms with E-state index in [0.29, 0.717) is 5.75 Å². The second-order valence-corrected chi connectivity index (χ2v) is 5.30. The summed E-state index contributed by atoms with van der Waals surface area (Å²) in [6.07, 6.45) is 2.66. The highest BCUT2D eigenvalue weighted by Gasteiger charge is 2.15. The molecule has 0 bridgehead atoms. The lowest BCUT2D eigenvalue weighted by molar-refractivity contribution is 0.481. The molecule has 0 saturated carbocycles. The van der Waals surface area contributed by atoms with Gasteiger partial charge in [-0.2, -0.15) is 0 Å². The van der Waals surface area contributed by atoms with Gasteiger partial charge in [0, 0.05) is 17.6 Å². The molecule has 21 heavy (non-hydrogen) atoms. The Morgan fingerprint density at radius 1 is 1.10 bits per heavy atom. The Kier molecular flexibility index (Phi) is 3.53. The van der Waals surface area contributed by atoms with Crippen molar-refractivity contribution < 1.29 is 5.11 Å². The maximum Gasteiger partial charge on any atom is 0.125 e. The van der Waals surface area contributed by atoms with Crippen LogP contribution in [0.3, 0.4) is 0 Å². The molecule has 0 atom stereocenters. The van der Waals surface area contributed by atoms with Crippen molar-refractivity contribution in [3.63, 3.8) is 0 Å². The highest BCUT2D eigenvalue weighted by Crippen LogP contribution is 2.33. The molecule has 2 nitrogen and oxygen atoms in total. The third-order valence-electron chi connectivity index (χ3n) is 3.99. The first-order valence-corrected chi connectivity index (χ1v) is 7.17. The Hall–Kier alpha value is -2.48. The lowest BCUT2D eigenvalue weighted by atomic mass is 10.1. The zero-order chi connectivity index (χ0) is 14.8. The zero-order valence-electron chi connectivity index (χ0n) is 12.2. The number of allylic oxidation sites excluding steroid dienone is 1. The fourth-order valence-corrected chi connectivity index (χ4v) is 2.95. The van der Waals surface area contributed by atoms with Crippen molar-refractivity contribution in [2.75, 3.05) is 0 Å². The van der Waals surface area contributed by atoms with Gasteiger partial charge in [0.25, 0.3) is 0 Å². The third-order valence-corrected chi connectivity index (χ3v) is 3.99. The van der Waals surface area contributed by atoms with Crippen molar-refractivity contribution >= 4 is 10.9 Å². The molecule has 0 spiro atoms. The molecule has 0 saturated heterocycles. The van der Waals surface area contributed by atoms with E-state index in [1.54, 1.807) is 6.07 Å². The second-order valence-electron chi connectivity index (χ2n) is 5.30. The maximum absolute atomic E-state index is 10.2. The van der Waals surface area contributed by atoms with Gasteiger partial charge in [0.1, 0.15) is 5.75 Å². The molecule has 0 unspecified atom stereocenters. The number of phenolic OH excluding ortho intramolecular Hbond substituents is 1. The molecule has 0 radical (unpaired) electrons. The van der Waals surface area contributed by atoms with Crippen molar-refractivity contribution in [3.8, 4) is 5.75 Å². The van der Waals surface area contributed by atoms with Crippen LogP contribution in [0, 0.1) is 6.92 Å². The second kappa shape index (κ2) is 5.49. The van der Waals surface area contributed by atoms with Gasteiger partial charge >= 0.3 is 0 Å². The van der Waals surface area contributed by atoms with Gasteiger partial charge in [-0.05, 0) is 36.6 Å². The van der Waals surface area contributed by atoms with E-state index in [4.69, 9.17) is 0 Å². The van der Waals surface area contributed by atoms with E-state index in [1.807, 2.05) is 18.2 Å². The van der Waals surface area contributed by atoms with Gasteiger partial charge in [-0.3, -0.25) is 0 Å². The standard InChI is InChI=1S/C19H19NO/c1-3-8-16-14(2)20(13-15-9-5-4-6-10-15)17-11-7-12-18(21)19(16)17/h3-7,9-12,21H,1,8,13H2,2H3. The number of rotatable bonds is 4. The molecule has 0 amide bonds. The summed E-state index contributed by atoms with van der Waals surface area (Å²) in [6, 6.07) is 16.1. The number of benzene rings is 2. The summed E-state index contributed by atoms with van der Waals surface area (Å²) in [6.45, 7) is 6.76. The van der Waals surface area contributed by atoms with Gasteiger partial charge in [-0.1, -0.05) is 42.5 Å². The number of hydrogen-bond acceptors (Lipinski definition) is 1. The maximum atomic E-state index is 10.2. The predicted molar refractivity (Wildman–Crippen MR) is 87.8 cm³/mol. The summed E-state index contributed by atoms with van der Waals surface area (Å²) in [4.78, 5) is 0. The molecule has 106 valence electrons. The Morgan fingerprint density at radius 2 is 1.86 bits per heavy atom. The van der Waals surface area contributed by atoms with Crippen LogP contribution >= 0.6 is 0 Å². The molecule has 1 N–H and O–H groups in total. The number of hydrogen-bond donors (Lipinski definition) is 1. The van der Waals surface area contributed by atoms with Gasteiger partial charge in [0.2, 0.25) is 0 Å². The van der Waals surface area contributed by atoms with Gasteiger partial charge in [0.15, 0.2) is 0 Å². The van der Waals surface area contributed by atoms with Crippen molar-refractivity contribution in [2.45, 2.75) is 19.9 Å². The third kappa shape index (κ3) is 2.33. The lowest BCUT2D eigenvalue weighted by Gasteiger charge is -2.09. The van der Waals surface area contributed by atoms with Gasteiger partial charge < -0.3 is 9.67 Å². The summed E-state index contributed by atoms with van der Waals surface area (Å²) in [5, 5.41) is 11.2. The summed E-state index contributed by atoms with van der Waals surface area (Å²) in [7, 11) is 0. The Morgan fingerprint density at radius 3 is 2.57 bits per heavy atom. The number of nitrogens with zero attached hydrogens (tertiary/aromatic N) is 1.